The van der Waals surface area contributed by atoms with Gasteiger partial charge in [-0.25, -0.2) is 0 Å². The van der Waals surface area contributed by atoms with Gasteiger partial charge in [0.1, 0.15) is 0 Å². The monoisotopic (exact) mass is 418 g/mol. The summed E-state index contributed by atoms with van der Waals surface area (Å²) in [6.45, 7) is 0. The largest absolute Gasteiger partial charge is 0.537 e. The lowest BCUT2D eigenvalue weighted by Gasteiger charge is -2.33. The van der Waals surface area contributed by atoms with Crippen LogP contribution in [0.2, 0.25) is 0 Å². The summed E-state index contributed by atoms with van der Waals surface area (Å²) >= 11 is 0. The van der Waals surface area contributed by atoms with Crippen molar-refractivity contribution in [3.05, 3.63) is 48.5 Å². The Balaban J connectivity index is 2.51. The van der Waals surface area contributed by atoms with Gasteiger partial charge < -0.3 is 26.6 Å². The first kappa shape index (κ1) is 21.1. The van der Waals surface area contributed by atoms with Crippen LogP contribution in [0, 0.1) is 0 Å². The van der Waals surface area contributed by atoms with Crippen LogP contribution in [0.4, 0.5) is 0 Å². The second-order valence-corrected chi connectivity index (χ2v) is 11.9. The van der Waals surface area contributed by atoms with E-state index in [9.17, 15) is 0 Å². The van der Waals surface area contributed by atoms with E-state index in [1.807, 2.05) is 18.2 Å². The molecular formula is C20H26O6Si2. The van der Waals surface area contributed by atoms with Crippen molar-refractivity contribution >= 4 is 49.5 Å². The Labute approximate surface area is 167 Å². The standard InChI is InChI=1S/C20H26O6Si2/c1-21-27(22-2,23-3)19-14-13-17-16-10-8-7-9-15(16)11-12-18(17)20(19)28(24-4,25-5)26-6/h7-14H,1-6H3. The van der Waals surface area contributed by atoms with Gasteiger partial charge in [0.25, 0.3) is 0 Å². The lowest BCUT2D eigenvalue weighted by Crippen LogP contribution is -2.68. The van der Waals surface area contributed by atoms with E-state index >= 15 is 0 Å². The van der Waals surface area contributed by atoms with Crippen LogP contribution < -0.4 is 10.4 Å². The smallest absolute Gasteiger partial charge is 0.373 e. The van der Waals surface area contributed by atoms with Crippen LogP contribution in [-0.4, -0.2) is 60.3 Å². The molecule has 0 amide bonds. The average molecular weight is 419 g/mol. The quantitative estimate of drug-likeness (QED) is 0.413. The van der Waals surface area contributed by atoms with Gasteiger partial charge in [-0.05, 0) is 21.5 Å². The molecule has 0 aliphatic heterocycles. The van der Waals surface area contributed by atoms with E-state index in [1.54, 1.807) is 42.7 Å². The van der Waals surface area contributed by atoms with E-state index in [2.05, 4.69) is 30.3 Å². The highest BCUT2D eigenvalue weighted by molar-refractivity contribution is 6.88. The summed E-state index contributed by atoms with van der Waals surface area (Å²) in [4.78, 5) is 0. The predicted octanol–water partition coefficient (Wildman–Crippen LogP) is 2.16. The van der Waals surface area contributed by atoms with Crippen LogP contribution in [0.5, 0.6) is 0 Å². The van der Waals surface area contributed by atoms with Gasteiger partial charge >= 0.3 is 17.6 Å². The second-order valence-electron chi connectivity index (χ2n) is 6.21. The minimum Gasteiger partial charge on any atom is -0.373 e. The third-order valence-corrected chi connectivity index (χ3v) is 10.9. The lowest BCUT2D eigenvalue weighted by molar-refractivity contribution is 0.135. The first-order valence-electron chi connectivity index (χ1n) is 8.82. The molecule has 0 heterocycles. The molecule has 150 valence electrons. The molecule has 0 saturated carbocycles. The Bertz CT molecular complexity index is 953. The molecule has 0 fully saturated rings. The molecule has 0 saturated heterocycles. The van der Waals surface area contributed by atoms with Gasteiger partial charge in [-0.15, -0.1) is 0 Å². The zero-order valence-corrected chi connectivity index (χ0v) is 19.1. The van der Waals surface area contributed by atoms with Crippen molar-refractivity contribution in [1.29, 1.82) is 0 Å². The minimum atomic E-state index is -3.25. The molecule has 0 aliphatic rings. The van der Waals surface area contributed by atoms with E-state index in [0.717, 1.165) is 31.9 Å². The Hall–Kier alpha value is -1.63. The summed E-state index contributed by atoms with van der Waals surface area (Å²) < 4.78 is 34.9. The Morgan fingerprint density at radius 3 is 1.61 bits per heavy atom. The summed E-state index contributed by atoms with van der Waals surface area (Å²) in [6, 6.07) is 16.4. The molecule has 28 heavy (non-hydrogen) atoms. The number of fused-ring (bicyclic) bond motifs is 3. The SMILES string of the molecule is CO[Si](OC)(OC)c1ccc2c(ccc3ccccc32)c1[Si](OC)(OC)OC. The highest BCUT2D eigenvalue weighted by Gasteiger charge is 2.52. The molecule has 0 N–H and O–H groups in total. The van der Waals surface area contributed by atoms with Crippen molar-refractivity contribution in [2.45, 2.75) is 0 Å². The number of benzene rings is 3. The molecule has 0 atom stereocenters. The van der Waals surface area contributed by atoms with Gasteiger partial charge in [-0.3, -0.25) is 0 Å². The molecule has 0 aromatic heterocycles. The van der Waals surface area contributed by atoms with Crippen LogP contribution in [0.3, 0.4) is 0 Å². The lowest BCUT2D eigenvalue weighted by atomic mass is 10.0. The Morgan fingerprint density at radius 1 is 0.500 bits per heavy atom. The van der Waals surface area contributed by atoms with Crippen LogP contribution >= 0.6 is 0 Å². The summed E-state index contributed by atoms with van der Waals surface area (Å²) in [5.41, 5.74) is 0. The maximum absolute atomic E-state index is 5.86. The van der Waals surface area contributed by atoms with Crippen molar-refractivity contribution in [2.24, 2.45) is 0 Å². The van der Waals surface area contributed by atoms with Crippen molar-refractivity contribution < 1.29 is 26.6 Å². The first-order chi connectivity index (χ1) is 13.6. The predicted molar refractivity (Wildman–Crippen MR) is 114 cm³/mol. The number of rotatable bonds is 8. The molecule has 8 heteroatoms. The normalized spacial score (nSPS) is 12.8. The zero-order chi connectivity index (χ0) is 20.4. The van der Waals surface area contributed by atoms with E-state index in [-0.39, 0.29) is 0 Å². The van der Waals surface area contributed by atoms with Gasteiger partial charge in [0.15, 0.2) is 0 Å². The third kappa shape index (κ3) is 3.12. The molecule has 3 rings (SSSR count). The third-order valence-electron chi connectivity index (χ3n) is 5.17. The summed E-state index contributed by atoms with van der Waals surface area (Å²) in [5, 5.41) is 5.92. The molecule has 0 unspecified atom stereocenters. The number of hydrogen-bond acceptors (Lipinski definition) is 6. The summed E-state index contributed by atoms with van der Waals surface area (Å²) in [5.74, 6) is 0. The molecule has 0 bridgehead atoms. The van der Waals surface area contributed by atoms with Gasteiger partial charge in [-0.1, -0.05) is 48.5 Å². The fourth-order valence-electron chi connectivity index (χ4n) is 3.81. The van der Waals surface area contributed by atoms with E-state index in [4.69, 9.17) is 26.6 Å². The molecule has 6 nitrogen and oxygen atoms in total. The van der Waals surface area contributed by atoms with Gasteiger partial charge in [0.05, 0.1) is 0 Å². The maximum atomic E-state index is 5.86. The topological polar surface area (TPSA) is 55.4 Å². The maximum Gasteiger partial charge on any atom is 0.537 e. The number of hydrogen-bond donors (Lipinski definition) is 0. The van der Waals surface area contributed by atoms with Gasteiger partial charge in [-0.2, -0.15) is 0 Å². The molecular weight excluding hydrogens is 392 g/mol. The fourth-order valence-corrected chi connectivity index (χ4v) is 8.69. The first-order valence-corrected chi connectivity index (χ1v) is 12.3. The van der Waals surface area contributed by atoms with Crippen LogP contribution in [0.1, 0.15) is 0 Å². The van der Waals surface area contributed by atoms with E-state index in [1.165, 1.54) is 0 Å². The summed E-state index contributed by atoms with van der Waals surface area (Å²) in [7, 11) is 3.11. The Kier molecular flexibility index (Phi) is 6.32. The molecule has 0 spiro atoms. The molecule has 0 radical (unpaired) electrons. The van der Waals surface area contributed by atoms with Gasteiger partial charge in [0.2, 0.25) is 0 Å². The van der Waals surface area contributed by atoms with Crippen molar-refractivity contribution in [1.82, 2.24) is 0 Å². The summed E-state index contributed by atoms with van der Waals surface area (Å²) in [6.07, 6.45) is 0. The van der Waals surface area contributed by atoms with E-state index in [0.29, 0.717) is 0 Å². The molecule has 3 aromatic rings. The molecule has 3 aromatic carbocycles. The Morgan fingerprint density at radius 2 is 1.04 bits per heavy atom. The van der Waals surface area contributed by atoms with Crippen molar-refractivity contribution in [2.75, 3.05) is 42.7 Å². The molecule has 0 aliphatic carbocycles. The second kappa shape index (κ2) is 8.40. The highest BCUT2D eigenvalue weighted by Crippen LogP contribution is 2.26. The highest BCUT2D eigenvalue weighted by atomic mass is 28.4. The fraction of sp³-hybridized carbons (Fsp3) is 0.300. The van der Waals surface area contributed by atoms with Crippen molar-refractivity contribution in [3.63, 3.8) is 0 Å². The average Bonchev–Trinajstić information content (AvgIpc) is 2.77. The van der Waals surface area contributed by atoms with Crippen LogP contribution in [0.15, 0.2) is 48.5 Å². The van der Waals surface area contributed by atoms with Crippen LogP contribution in [0.25, 0.3) is 21.5 Å². The van der Waals surface area contributed by atoms with Crippen molar-refractivity contribution in [3.8, 4) is 0 Å². The minimum absolute atomic E-state index is 0.778. The zero-order valence-electron chi connectivity index (χ0n) is 17.1. The van der Waals surface area contributed by atoms with Crippen LogP contribution in [-0.2, 0) is 26.6 Å². The van der Waals surface area contributed by atoms with Gasteiger partial charge in [0, 0.05) is 53.0 Å². The van der Waals surface area contributed by atoms with E-state index < -0.39 is 17.6 Å².